The van der Waals surface area contributed by atoms with E-state index in [1.54, 1.807) is 22.3 Å². The predicted molar refractivity (Wildman–Crippen MR) is 67.0 cm³/mol. The Hall–Kier alpha value is -0.780. The Morgan fingerprint density at radius 2 is 1.12 bits per heavy atom. The monoisotopic (exact) mass is 212 g/mol. The maximum Gasteiger partial charge on any atom is -0.0159 e. The summed E-state index contributed by atoms with van der Waals surface area (Å²) in [6, 6.07) is 5.19. The van der Waals surface area contributed by atoms with Crippen LogP contribution in [0, 0.1) is 0 Å². The molecule has 84 valence electrons. The summed E-state index contributed by atoms with van der Waals surface area (Å²) in [5.74, 6) is 1.85. The Balaban J connectivity index is 1.88. The Morgan fingerprint density at radius 1 is 0.688 bits per heavy atom. The highest BCUT2D eigenvalue weighted by Crippen LogP contribution is 2.50. The Kier molecular flexibility index (Phi) is 1.94. The van der Waals surface area contributed by atoms with E-state index in [1.165, 1.54) is 51.4 Å². The molecule has 0 nitrogen and oxygen atoms in total. The van der Waals surface area contributed by atoms with Gasteiger partial charge in [-0.1, -0.05) is 12.1 Å². The van der Waals surface area contributed by atoms with Crippen LogP contribution in [0.3, 0.4) is 0 Å². The SMILES string of the molecule is c1c2c(cc3c1C1CCC3CC1)CCCC2. The van der Waals surface area contributed by atoms with E-state index in [0.717, 1.165) is 11.8 Å². The first-order valence-electron chi connectivity index (χ1n) is 7.07. The average molecular weight is 212 g/mol. The van der Waals surface area contributed by atoms with Crippen LogP contribution < -0.4 is 0 Å². The second-order valence-corrected chi connectivity index (χ2v) is 6.01. The highest BCUT2D eigenvalue weighted by molar-refractivity contribution is 5.45. The molecular weight excluding hydrogens is 192 g/mol. The fourth-order valence-corrected chi connectivity index (χ4v) is 4.25. The Bertz CT molecular complexity index is 381. The summed E-state index contributed by atoms with van der Waals surface area (Å²) < 4.78 is 0. The van der Waals surface area contributed by atoms with Gasteiger partial charge in [0.1, 0.15) is 0 Å². The van der Waals surface area contributed by atoms with Gasteiger partial charge in [-0.25, -0.2) is 0 Å². The molecule has 0 unspecified atom stereocenters. The van der Waals surface area contributed by atoms with Crippen LogP contribution in [0.4, 0.5) is 0 Å². The summed E-state index contributed by atoms with van der Waals surface area (Å²) in [5, 5.41) is 0. The molecular formula is C16H20. The molecule has 0 aromatic heterocycles. The van der Waals surface area contributed by atoms with E-state index >= 15 is 0 Å². The minimum atomic E-state index is 0.923. The molecule has 0 spiro atoms. The number of hydrogen-bond donors (Lipinski definition) is 0. The molecule has 5 rings (SSSR count). The third kappa shape index (κ3) is 1.22. The van der Waals surface area contributed by atoms with Crippen molar-refractivity contribution in [1.82, 2.24) is 0 Å². The maximum atomic E-state index is 2.60. The van der Waals surface area contributed by atoms with Crippen LogP contribution in [0.1, 0.15) is 72.6 Å². The molecule has 0 N–H and O–H groups in total. The van der Waals surface area contributed by atoms with E-state index in [2.05, 4.69) is 12.1 Å². The lowest BCUT2D eigenvalue weighted by Gasteiger charge is -2.39. The molecule has 0 atom stereocenters. The molecule has 0 aliphatic heterocycles. The van der Waals surface area contributed by atoms with Gasteiger partial charge in [0.25, 0.3) is 0 Å². The normalized spacial score (nSPS) is 31.0. The van der Waals surface area contributed by atoms with Crippen LogP contribution >= 0.6 is 0 Å². The topological polar surface area (TPSA) is 0 Å². The van der Waals surface area contributed by atoms with E-state index < -0.39 is 0 Å². The first-order valence-corrected chi connectivity index (χ1v) is 7.07. The molecule has 4 aliphatic rings. The smallest absolute Gasteiger partial charge is 0.0159 e. The molecule has 0 heteroatoms. The zero-order valence-electron chi connectivity index (χ0n) is 9.97. The summed E-state index contributed by atoms with van der Waals surface area (Å²) in [4.78, 5) is 0. The van der Waals surface area contributed by atoms with Crippen molar-refractivity contribution in [2.45, 2.75) is 63.2 Å². The minimum absolute atomic E-state index is 0.923. The van der Waals surface area contributed by atoms with Gasteiger partial charge < -0.3 is 0 Å². The van der Waals surface area contributed by atoms with Crippen molar-refractivity contribution >= 4 is 0 Å². The lowest BCUT2D eigenvalue weighted by atomic mass is 9.66. The Morgan fingerprint density at radius 3 is 1.56 bits per heavy atom. The molecule has 1 saturated carbocycles. The third-order valence-electron chi connectivity index (χ3n) is 5.15. The predicted octanol–water partition coefficient (Wildman–Crippen LogP) is 4.32. The van der Waals surface area contributed by atoms with Gasteiger partial charge in [-0.2, -0.15) is 0 Å². The van der Waals surface area contributed by atoms with Crippen LogP contribution in [0.2, 0.25) is 0 Å². The van der Waals surface area contributed by atoms with Gasteiger partial charge in [0.15, 0.2) is 0 Å². The second-order valence-electron chi connectivity index (χ2n) is 6.01. The average Bonchev–Trinajstić information content (AvgIpc) is 2.38. The molecule has 1 fully saturated rings. The van der Waals surface area contributed by atoms with Crippen molar-refractivity contribution in [3.63, 3.8) is 0 Å². The third-order valence-corrected chi connectivity index (χ3v) is 5.15. The fraction of sp³-hybridized carbons (Fsp3) is 0.625. The quantitative estimate of drug-likeness (QED) is 0.601. The van der Waals surface area contributed by atoms with Gasteiger partial charge in [-0.3, -0.25) is 0 Å². The van der Waals surface area contributed by atoms with Crippen molar-refractivity contribution in [2.75, 3.05) is 0 Å². The fourth-order valence-electron chi connectivity index (χ4n) is 4.25. The molecule has 1 aromatic carbocycles. The van der Waals surface area contributed by atoms with Gasteiger partial charge in [-0.15, -0.1) is 0 Å². The number of rotatable bonds is 0. The number of fused-ring (bicyclic) bond motifs is 3. The summed E-state index contributed by atoms with van der Waals surface area (Å²) in [7, 11) is 0. The number of hydrogen-bond acceptors (Lipinski definition) is 0. The summed E-state index contributed by atoms with van der Waals surface area (Å²) in [6.45, 7) is 0. The molecule has 1 aromatic rings. The largest absolute Gasteiger partial charge is 0.0550 e. The standard InChI is InChI=1S/C16H20/c1-2-4-14-10-16-12-7-5-11(6-8-12)15(16)9-13(14)3-1/h9-12H,1-8H2. The second kappa shape index (κ2) is 3.35. The molecule has 4 aliphatic carbocycles. The van der Waals surface area contributed by atoms with Gasteiger partial charge in [-0.05, 0) is 85.5 Å². The van der Waals surface area contributed by atoms with Crippen LogP contribution in [-0.2, 0) is 12.8 Å². The summed E-state index contributed by atoms with van der Waals surface area (Å²) >= 11 is 0. The van der Waals surface area contributed by atoms with Crippen molar-refractivity contribution in [1.29, 1.82) is 0 Å². The van der Waals surface area contributed by atoms with Crippen molar-refractivity contribution in [3.8, 4) is 0 Å². The van der Waals surface area contributed by atoms with Crippen molar-refractivity contribution < 1.29 is 0 Å². The summed E-state index contributed by atoms with van der Waals surface area (Å²) in [6.07, 6.45) is 11.4. The molecule has 16 heavy (non-hydrogen) atoms. The van der Waals surface area contributed by atoms with Gasteiger partial charge in [0.2, 0.25) is 0 Å². The van der Waals surface area contributed by atoms with E-state index in [9.17, 15) is 0 Å². The molecule has 2 bridgehead atoms. The highest BCUT2D eigenvalue weighted by Gasteiger charge is 2.33. The van der Waals surface area contributed by atoms with Gasteiger partial charge in [0.05, 0.1) is 0 Å². The van der Waals surface area contributed by atoms with Crippen molar-refractivity contribution in [3.05, 3.63) is 34.4 Å². The van der Waals surface area contributed by atoms with E-state index in [0.29, 0.717) is 0 Å². The van der Waals surface area contributed by atoms with E-state index in [-0.39, 0.29) is 0 Å². The molecule has 0 saturated heterocycles. The number of aryl methyl sites for hydroxylation is 2. The van der Waals surface area contributed by atoms with Crippen LogP contribution in [-0.4, -0.2) is 0 Å². The first kappa shape index (κ1) is 9.27. The minimum Gasteiger partial charge on any atom is -0.0550 e. The van der Waals surface area contributed by atoms with E-state index in [1.807, 2.05) is 0 Å². The van der Waals surface area contributed by atoms with Crippen LogP contribution in [0.15, 0.2) is 12.1 Å². The summed E-state index contributed by atoms with van der Waals surface area (Å²) in [5.41, 5.74) is 6.89. The molecule has 0 heterocycles. The van der Waals surface area contributed by atoms with Gasteiger partial charge >= 0.3 is 0 Å². The molecule has 0 amide bonds. The van der Waals surface area contributed by atoms with Crippen molar-refractivity contribution in [2.24, 2.45) is 0 Å². The van der Waals surface area contributed by atoms with Crippen LogP contribution in [0.25, 0.3) is 0 Å². The lowest BCUT2D eigenvalue weighted by molar-refractivity contribution is 0.358. The highest BCUT2D eigenvalue weighted by atomic mass is 14.4. The zero-order chi connectivity index (χ0) is 10.5. The molecule has 0 radical (unpaired) electrons. The first-order chi connectivity index (χ1) is 7.92. The van der Waals surface area contributed by atoms with Crippen LogP contribution in [0.5, 0.6) is 0 Å². The maximum absolute atomic E-state index is 2.60. The zero-order valence-corrected chi connectivity index (χ0v) is 9.97. The van der Waals surface area contributed by atoms with E-state index in [4.69, 9.17) is 0 Å². The number of benzene rings is 1. The Labute approximate surface area is 98.1 Å². The lowest BCUT2D eigenvalue weighted by Crippen LogP contribution is -2.22. The van der Waals surface area contributed by atoms with Gasteiger partial charge in [0, 0.05) is 0 Å².